The number of anilines is 1. The number of benzene rings is 1. The normalized spacial score (nSPS) is 19.3. The summed E-state index contributed by atoms with van der Waals surface area (Å²) in [4.78, 5) is 3.76. The van der Waals surface area contributed by atoms with Gasteiger partial charge in [-0.05, 0) is 17.7 Å². The number of hydrogen-bond donors (Lipinski definition) is 2. The van der Waals surface area contributed by atoms with Crippen LogP contribution in [0.1, 0.15) is 11.6 Å². The van der Waals surface area contributed by atoms with Crippen molar-refractivity contribution in [1.29, 1.82) is 0 Å². The van der Waals surface area contributed by atoms with Gasteiger partial charge in [0.1, 0.15) is 10.7 Å². The van der Waals surface area contributed by atoms with Crippen LogP contribution in [0.4, 0.5) is 5.82 Å². The zero-order valence-corrected chi connectivity index (χ0v) is 14.9. The first-order valence-electron chi connectivity index (χ1n) is 7.29. The van der Waals surface area contributed by atoms with Crippen molar-refractivity contribution in [2.24, 2.45) is 0 Å². The smallest absolute Gasteiger partial charge is 0.247 e. The van der Waals surface area contributed by atoms with Crippen molar-refractivity contribution in [2.75, 3.05) is 25.4 Å². The lowest BCUT2D eigenvalue weighted by molar-refractivity contribution is 0.271. The topological polar surface area (TPSA) is 88.3 Å². The van der Waals surface area contributed by atoms with Gasteiger partial charge >= 0.3 is 0 Å². The molecular formula is C15H16Cl2N4O2S. The van der Waals surface area contributed by atoms with E-state index >= 15 is 0 Å². The molecular weight excluding hydrogens is 371 g/mol. The molecule has 1 aliphatic heterocycles. The van der Waals surface area contributed by atoms with Gasteiger partial charge in [-0.2, -0.15) is 4.31 Å². The van der Waals surface area contributed by atoms with Gasteiger partial charge in [0.15, 0.2) is 0 Å². The van der Waals surface area contributed by atoms with Crippen LogP contribution in [0.15, 0.2) is 41.4 Å². The number of nitrogen functional groups attached to an aromatic ring is 1. The summed E-state index contributed by atoms with van der Waals surface area (Å²) in [5, 5.41) is 3.93. The Morgan fingerprint density at radius 2 is 2.04 bits per heavy atom. The van der Waals surface area contributed by atoms with Crippen LogP contribution in [0.3, 0.4) is 0 Å². The summed E-state index contributed by atoms with van der Waals surface area (Å²) in [6.07, 6.45) is 1.32. The van der Waals surface area contributed by atoms with Gasteiger partial charge in [0, 0.05) is 30.9 Å². The van der Waals surface area contributed by atoms with Crippen LogP contribution in [0, 0.1) is 0 Å². The zero-order chi connectivity index (χ0) is 17.3. The van der Waals surface area contributed by atoms with E-state index in [2.05, 4.69) is 10.3 Å². The van der Waals surface area contributed by atoms with Gasteiger partial charge in [0.05, 0.1) is 11.1 Å². The summed E-state index contributed by atoms with van der Waals surface area (Å²) >= 11 is 12.2. The minimum Gasteiger partial charge on any atom is -0.383 e. The number of nitrogens with one attached hydrogen (secondary N) is 1. The summed E-state index contributed by atoms with van der Waals surface area (Å²) in [5.74, 6) is -0.0733. The molecule has 0 bridgehead atoms. The van der Waals surface area contributed by atoms with Crippen molar-refractivity contribution in [2.45, 2.75) is 10.9 Å². The molecule has 0 amide bonds. The maximum absolute atomic E-state index is 13.1. The fraction of sp³-hybridized carbons (Fsp3) is 0.267. The third kappa shape index (κ3) is 3.22. The van der Waals surface area contributed by atoms with Gasteiger partial charge in [-0.3, -0.25) is 0 Å². The molecule has 1 unspecified atom stereocenters. The summed E-state index contributed by atoms with van der Waals surface area (Å²) in [6, 6.07) is 8.09. The van der Waals surface area contributed by atoms with Crippen molar-refractivity contribution in [3.8, 4) is 0 Å². The second kappa shape index (κ2) is 6.85. The van der Waals surface area contributed by atoms with E-state index in [1.165, 1.54) is 16.6 Å². The fourth-order valence-corrected chi connectivity index (χ4v) is 4.93. The second-order valence-corrected chi connectivity index (χ2v) is 8.10. The molecule has 0 aliphatic carbocycles. The van der Waals surface area contributed by atoms with E-state index in [0.29, 0.717) is 24.7 Å². The zero-order valence-electron chi connectivity index (χ0n) is 12.6. The minimum atomic E-state index is -3.87. The van der Waals surface area contributed by atoms with Crippen LogP contribution >= 0.6 is 23.2 Å². The first kappa shape index (κ1) is 17.4. The number of halogens is 2. The highest BCUT2D eigenvalue weighted by Crippen LogP contribution is 2.34. The summed E-state index contributed by atoms with van der Waals surface area (Å²) < 4.78 is 27.7. The SMILES string of the molecule is Nc1ncc(Cl)cc1S(=O)(=O)N1CCNCC1c1ccccc1Cl. The molecule has 1 aromatic heterocycles. The second-order valence-electron chi connectivity index (χ2n) is 5.39. The number of hydrogen-bond acceptors (Lipinski definition) is 5. The molecule has 128 valence electrons. The molecule has 1 saturated heterocycles. The lowest BCUT2D eigenvalue weighted by Crippen LogP contribution is -2.48. The van der Waals surface area contributed by atoms with Gasteiger partial charge in [-0.25, -0.2) is 13.4 Å². The fourth-order valence-electron chi connectivity index (χ4n) is 2.75. The maximum Gasteiger partial charge on any atom is 0.247 e. The van der Waals surface area contributed by atoms with Gasteiger partial charge in [0.25, 0.3) is 0 Å². The minimum absolute atomic E-state index is 0.0733. The molecule has 3 N–H and O–H groups in total. The van der Waals surface area contributed by atoms with Crippen LogP contribution in [-0.2, 0) is 10.0 Å². The number of nitrogens with zero attached hydrogens (tertiary/aromatic N) is 2. The Hall–Kier alpha value is -1.38. The van der Waals surface area contributed by atoms with Crippen molar-refractivity contribution >= 4 is 39.0 Å². The van der Waals surface area contributed by atoms with Crippen molar-refractivity contribution in [1.82, 2.24) is 14.6 Å². The Labute approximate surface area is 150 Å². The number of rotatable bonds is 3. The van der Waals surface area contributed by atoms with Gasteiger partial charge in [0.2, 0.25) is 10.0 Å². The van der Waals surface area contributed by atoms with Crippen molar-refractivity contribution in [3.63, 3.8) is 0 Å². The van der Waals surface area contributed by atoms with Crippen molar-refractivity contribution in [3.05, 3.63) is 52.1 Å². The quantitative estimate of drug-likeness (QED) is 0.844. The molecule has 0 spiro atoms. The Bertz CT molecular complexity index is 860. The first-order chi connectivity index (χ1) is 11.4. The Balaban J connectivity index is 2.07. The lowest BCUT2D eigenvalue weighted by Gasteiger charge is -2.36. The molecule has 2 heterocycles. The van der Waals surface area contributed by atoms with E-state index in [1.54, 1.807) is 12.1 Å². The van der Waals surface area contributed by atoms with Crippen LogP contribution in [0.2, 0.25) is 10.0 Å². The predicted molar refractivity (Wildman–Crippen MR) is 94.6 cm³/mol. The highest BCUT2D eigenvalue weighted by atomic mass is 35.5. The summed E-state index contributed by atoms with van der Waals surface area (Å²) in [6.45, 7) is 1.29. The van der Waals surface area contributed by atoms with Gasteiger partial charge in [-0.15, -0.1) is 0 Å². The van der Waals surface area contributed by atoms with Crippen LogP contribution < -0.4 is 11.1 Å². The van der Waals surface area contributed by atoms with Crippen LogP contribution in [0.5, 0.6) is 0 Å². The average molecular weight is 387 g/mol. The van der Waals surface area contributed by atoms with Gasteiger partial charge in [-0.1, -0.05) is 41.4 Å². The van der Waals surface area contributed by atoms with Crippen LogP contribution in [0.25, 0.3) is 0 Å². The molecule has 0 saturated carbocycles. The standard InChI is InChI=1S/C15H16Cl2N4O2S/c16-10-7-14(15(18)20-8-10)24(22,23)21-6-5-19-9-13(21)11-3-1-2-4-12(11)17/h1-4,7-8,13,19H,5-6,9H2,(H2,18,20). The number of aromatic nitrogens is 1. The summed E-state index contributed by atoms with van der Waals surface area (Å²) in [7, 11) is -3.87. The molecule has 1 aliphatic rings. The summed E-state index contributed by atoms with van der Waals surface area (Å²) in [5.41, 5.74) is 6.52. The number of piperazine rings is 1. The highest BCUT2D eigenvalue weighted by Gasteiger charge is 2.36. The van der Waals surface area contributed by atoms with E-state index < -0.39 is 16.1 Å². The first-order valence-corrected chi connectivity index (χ1v) is 9.49. The van der Waals surface area contributed by atoms with E-state index in [9.17, 15) is 8.42 Å². The molecule has 3 rings (SSSR count). The van der Waals surface area contributed by atoms with E-state index in [-0.39, 0.29) is 15.7 Å². The molecule has 9 heteroatoms. The molecule has 1 aromatic carbocycles. The van der Waals surface area contributed by atoms with E-state index in [1.807, 2.05) is 12.1 Å². The monoisotopic (exact) mass is 386 g/mol. The van der Waals surface area contributed by atoms with E-state index in [0.717, 1.165) is 5.56 Å². The largest absolute Gasteiger partial charge is 0.383 e. The van der Waals surface area contributed by atoms with Gasteiger partial charge < -0.3 is 11.1 Å². The number of nitrogens with two attached hydrogens (primary N) is 1. The number of sulfonamides is 1. The number of pyridine rings is 1. The third-order valence-corrected chi connectivity index (χ3v) is 6.38. The van der Waals surface area contributed by atoms with Crippen LogP contribution in [-0.4, -0.2) is 37.3 Å². The molecule has 24 heavy (non-hydrogen) atoms. The third-order valence-electron chi connectivity index (χ3n) is 3.89. The molecule has 1 atom stereocenters. The molecule has 1 fully saturated rings. The molecule has 2 aromatic rings. The highest BCUT2D eigenvalue weighted by molar-refractivity contribution is 7.89. The lowest BCUT2D eigenvalue weighted by atomic mass is 10.1. The Morgan fingerprint density at radius 1 is 1.29 bits per heavy atom. The van der Waals surface area contributed by atoms with Crippen molar-refractivity contribution < 1.29 is 8.42 Å². The average Bonchev–Trinajstić information content (AvgIpc) is 2.57. The van der Waals surface area contributed by atoms with E-state index in [4.69, 9.17) is 28.9 Å². The Morgan fingerprint density at radius 3 is 2.79 bits per heavy atom. The molecule has 0 radical (unpaired) electrons. The Kier molecular flexibility index (Phi) is 4.98. The molecule has 6 nitrogen and oxygen atoms in total. The maximum atomic E-state index is 13.1. The predicted octanol–water partition coefficient (Wildman–Crippen LogP) is 2.31.